The van der Waals surface area contributed by atoms with Crippen LogP contribution in [-0.2, 0) is 11.2 Å². The number of benzene rings is 1. The maximum absolute atomic E-state index is 12.6. The first-order valence-corrected chi connectivity index (χ1v) is 11.4. The van der Waals surface area contributed by atoms with Gasteiger partial charge in [0.2, 0.25) is 5.91 Å². The van der Waals surface area contributed by atoms with Crippen molar-refractivity contribution in [2.75, 3.05) is 11.1 Å². The Morgan fingerprint density at radius 2 is 2.04 bits per heavy atom. The van der Waals surface area contributed by atoms with Gasteiger partial charge in [-0.05, 0) is 37.8 Å². The van der Waals surface area contributed by atoms with Crippen LogP contribution >= 0.6 is 23.5 Å². The van der Waals surface area contributed by atoms with Crippen LogP contribution in [0.4, 0.5) is 5.69 Å². The van der Waals surface area contributed by atoms with E-state index in [-0.39, 0.29) is 5.91 Å². The second-order valence-electron chi connectivity index (χ2n) is 6.93. The maximum Gasteiger partial charge on any atom is 0.234 e. The summed E-state index contributed by atoms with van der Waals surface area (Å²) in [6, 6.07) is 6.14. The Bertz CT molecular complexity index is 854. The van der Waals surface area contributed by atoms with Crippen molar-refractivity contribution in [2.24, 2.45) is 0 Å². The summed E-state index contributed by atoms with van der Waals surface area (Å²) in [4.78, 5) is 21.9. The Balaban J connectivity index is 1.76. The molecule has 4 nitrogen and oxygen atoms in total. The first-order chi connectivity index (χ1) is 12.9. The number of carbonyl (C=O) groups excluding carboxylic acids is 1. The van der Waals surface area contributed by atoms with Crippen LogP contribution in [0.5, 0.6) is 0 Å². The van der Waals surface area contributed by atoms with E-state index in [1.165, 1.54) is 22.9 Å². The van der Waals surface area contributed by atoms with Gasteiger partial charge in [-0.25, -0.2) is 9.97 Å². The Morgan fingerprint density at radius 3 is 2.74 bits per heavy atom. The minimum atomic E-state index is 0.0146. The number of aryl methyl sites for hydroxylation is 3. The molecule has 2 atom stereocenters. The van der Waals surface area contributed by atoms with Gasteiger partial charge in [0.25, 0.3) is 0 Å². The average Bonchev–Trinajstić information content (AvgIpc) is 2.96. The van der Waals surface area contributed by atoms with Crippen LogP contribution in [0.3, 0.4) is 0 Å². The molecule has 0 saturated heterocycles. The van der Waals surface area contributed by atoms with E-state index >= 15 is 0 Å². The molecule has 0 spiro atoms. The molecule has 0 unspecified atom stereocenters. The average molecular weight is 402 g/mol. The Hall–Kier alpha value is -1.53. The predicted molar refractivity (Wildman–Crippen MR) is 115 cm³/mol. The SMILES string of the molecule is CCc1cccc(C)c1NC(=O)CSc1nc(C)nc2c1[C@H](CC)[C@H](C)S2. The fourth-order valence-corrected chi connectivity index (χ4v) is 6.00. The molecule has 1 amide bonds. The lowest BCUT2D eigenvalue weighted by Gasteiger charge is -2.16. The molecule has 1 aromatic carbocycles. The van der Waals surface area contributed by atoms with E-state index in [4.69, 9.17) is 0 Å². The van der Waals surface area contributed by atoms with Gasteiger partial charge < -0.3 is 5.32 Å². The van der Waals surface area contributed by atoms with E-state index in [2.05, 4.69) is 42.1 Å². The van der Waals surface area contributed by atoms with Gasteiger partial charge in [-0.3, -0.25) is 4.79 Å². The molecule has 3 rings (SSSR count). The molecule has 2 heterocycles. The molecule has 0 bridgehead atoms. The minimum Gasteiger partial charge on any atom is -0.325 e. The van der Waals surface area contributed by atoms with Crippen LogP contribution < -0.4 is 5.32 Å². The third kappa shape index (κ3) is 4.32. The summed E-state index contributed by atoms with van der Waals surface area (Å²) in [6.45, 7) is 10.5. The highest BCUT2D eigenvalue weighted by atomic mass is 32.2. The zero-order valence-electron chi connectivity index (χ0n) is 16.6. The monoisotopic (exact) mass is 401 g/mol. The fourth-order valence-electron chi connectivity index (χ4n) is 3.59. The van der Waals surface area contributed by atoms with Gasteiger partial charge in [0.1, 0.15) is 15.9 Å². The summed E-state index contributed by atoms with van der Waals surface area (Å²) in [7, 11) is 0. The highest BCUT2D eigenvalue weighted by Crippen LogP contribution is 2.48. The molecule has 6 heteroatoms. The number of fused-ring (bicyclic) bond motifs is 1. The third-order valence-corrected chi connectivity index (χ3v) is 7.23. The standard InChI is InChI=1S/C21H27N3OS2/c1-6-15-10-8-9-12(3)19(15)24-17(25)11-26-20-18-16(7-2)13(4)27-21(18)23-14(5)22-20/h8-10,13,16H,6-7,11H2,1-5H3,(H,24,25)/t13-,16+/m0/s1. The molecule has 1 N–H and O–H groups in total. The molecular formula is C21H27N3OS2. The summed E-state index contributed by atoms with van der Waals surface area (Å²) in [5.74, 6) is 1.61. The van der Waals surface area contributed by atoms with Gasteiger partial charge in [0, 0.05) is 22.4 Å². The molecule has 2 aromatic rings. The molecule has 0 radical (unpaired) electrons. The fraction of sp³-hybridized carbons (Fsp3) is 0.476. The molecule has 0 fully saturated rings. The first kappa shape index (κ1) is 20.2. The van der Waals surface area contributed by atoms with E-state index in [0.717, 1.165) is 40.0 Å². The maximum atomic E-state index is 12.6. The summed E-state index contributed by atoms with van der Waals surface area (Å²) in [6.07, 6.45) is 1.97. The topological polar surface area (TPSA) is 54.9 Å². The smallest absolute Gasteiger partial charge is 0.234 e. The molecular weight excluding hydrogens is 374 g/mol. The van der Waals surface area contributed by atoms with Crippen molar-refractivity contribution >= 4 is 35.1 Å². The molecule has 1 aromatic heterocycles. The van der Waals surface area contributed by atoms with Crippen LogP contribution in [-0.4, -0.2) is 26.9 Å². The van der Waals surface area contributed by atoms with Crippen molar-refractivity contribution in [3.8, 4) is 0 Å². The van der Waals surface area contributed by atoms with Gasteiger partial charge in [-0.15, -0.1) is 11.8 Å². The van der Waals surface area contributed by atoms with Crippen molar-refractivity contribution < 1.29 is 4.79 Å². The molecule has 0 aliphatic carbocycles. The number of para-hydroxylation sites is 1. The zero-order valence-corrected chi connectivity index (χ0v) is 18.3. The highest BCUT2D eigenvalue weighted by molar-refractivity contribution is 8.01. The number of nitrogens with zero attached hydrogens (tertiary/aromatic N) is 2. The van der Waals surface area contributed by atoms with E-state index < -0.39 is 0 Å². The van der Waals surface area contributed by atoms with Crippen molar-refractivity contribution in [3.63, 3.8) is 0 Å². The minimum absolute atomic E-state index is 0.0146. The predicted octanol–water partition coefficient (Wildman–Crippen LogP) is 5.37. The Morgan fingerprint density at radius 1 is 1.26 bits per heavy atom. The summed E-state index contributed by atoms with van der Waals surface area (Å²) < 4.78 is 0. The Kier molecular flexibility index (Phi) is 6.48. The largest absolute Gasteiger partial charge is 0.325 e. The summed E-state index contributed by atoms with van der Waals surface area (Å²) >= 11 is 3.36. The number of anilines is 1. The highest BCUT2D eigenvalue weighted by Gasteiger charge is 2.33. The van der Waals surface area contributed by atoms with Gasteiger partial charge in [-0.2, -0.15) is 0 Å². The van der Waals surface area contributed by atoms with E-state index in [1.807, 2.05) is 37.7 Å². The van der Waals surface area contributed by atoms with Crippen LogP contribution in [0.25, 0.3) is 0 Å². The second kappa shape index (κ2) is 8.65. The summed E-state index contributed by atoms with van der Waals surface area (Å²) in [5.41, 5.74) is 4.46. The van der Waals surface area contributed by atoms with Crippen LogP contribution in [0.15, 0.2) is 28.3 Å². The quantitative estimate of drug-likeness (QED) is 0.520. The molecule has 144 valence electrons. The number of thioether (sulfide) groups is 2. The number of hydrogen-bond acceptors (Lipinski definition) is 5. The van der Waals surface area contributed by atoms with Gasteiger partial charge >= 0.3 is 0 Å². The van der Waals surface area contributed by atoms with Crippen LogP contribution in [0.1, 0.15) is 55.6 Å². The van der Waals surface area contributed by atoms with Crippen LogP contribution in [0.2, 0.25) is 0 Å². The number of hydrogen-bond donors (Lipinski definition) is 1. The van der Waals surface area contributed by atoms with Crippen molar-refractivity contribution in [2.45, 2.75) is 68.7 Å². The first-order valence-electron chi connectivity index (χ1n) is 9.50. The molecule has 0 saturated carbocycles. The van der Waals surface area contributed by atoms with Crippen LogP contribution in [0, 0.1) is 13.8 Å². The normalized spacial score (nSPS) is 18.4. The Labute approximate surface area is 170 Å². The van der Waals surface area contributed by atoms with Gasteiger partial charge in [-0.1, -0.05) is 50.7 Å². The van der Waals surface area contributed by atoms with Gasteiger partial charge in [0.05, 0.1) is 5.75 Å². The lowest BCUT2D eigenvalue weighted by Crippen LogP contribution is -2.17. The number of nitrogens with one attached hydrogen (secondary N) is 1. The van der Waals surface area contributed by atoms with Crippen molar-refractivity contribution in [1.29, 1.82) is 0 Å². The lowest BCUT2D eigenvalue weighted by molar-refractivity contribution is -0.113. The van der Waals surface area contributed by atoms with E-state index in [1.54, 1.807) is 0 Å². The van der Waals surface area contributed by atoms with E-state index in [9.17, 15) is 4.79 Å². The lowest BCUT2D eigenvalue weighted by atomic mass is 9.96. The number of carbonyl (C=O) groups is 1. The van der Waals surface area contributed by atoms with E-state index in [0.29, 0.717) is 16.9 Å². The number of amides is 1. The number of rotatable bonds is 6. The molecule has 1 aliphatic heterocycles. The van der Waals surface area contributed by atoms with Crippen molar-refractivity contribution in [1.82, 2.24) is 9.97 Å². The second-order valence-corrected chi connectivity index (χ2v) is 9.26. The molecule has 1 aliphatic rings. The summed E-state index contributed by atoms with van der Waals surface area (Å²) in [5, 5.41) is 5.68. The van der Waals surface area contributed by atoms with Gasteiger partial charge in [0.15, 0.2) is 0 Å². The molecule has 27 heavy (non-hydrogen) atoms. The number of aromatic nitrogens is 2. The zero-order chi connectivity index (χ0) is 19.6. The third-order valence-electron chi connectivity index (χ3n) is 5.01. The van der Waals surface area contributed by atoms with Crippen molar-refractivity contribution in [3.05, 3.63) is 40.7 Å².